The van der Waals surface area contributed by atoms with E-state index in [2.05, 4.69) is 12.2 Å². The Labute approximate surface area is 235 Å². The molecule has 1 aliphatic carbocycles. The number of para-hydroxylation sites is 1. The Balaban J connectivity index is 1.67. The van der Waals surface area contributed by atoms with Crippen molar-refractivity contribution in [3.05, 3.63) is 59.7 Å². The van der Waals surface area contributed by atoms with E-state index < -0.39 is 23.3 Å². The highest BCUT2D eigenvalue weighted by Crippen LogP contribution is 2.36. The summed E-state index contributed by atoms with van der Waals surface area (Å²) in [6.07, 6.45) is 3.80. The third-order valence-electron chi connectivity index (χ3n) is 7.55. The van der Waals surface area contributed by atoms with Gasteiger partial charge >= 0.3 is 12.0 Å². The average Bonchev–Trinajstić information content (AvgIpc) is 2.99. The molecule has 0 atom stereocenters. The van der Waals surface area contributed by atoms with Gasteiger partial charge in [0.1, 0.15) is 6.54 Å². The number of hydrogen-bond acceptors (Lipinski definition) is 5. The maximum atomic E-state index is 14.0. The number of anilines is 2. The lowest BCUT2D eigenvalue weighted by Crippen LogP contribution is -2.47. The van der Waals surface area contributed by atoms with Crippen molar-refractivity contribution in [3.8, 4) is 0 Å². The van der Waals surface area contributed by atoms with Crippen molar-refractivity contribution in [2.24, 2.45) is 22.4 Å². The molecule has 1 fully saturated rings. The van der Waals surface area contributed by atoms with Gasteiger partial charge in [-0.3, -0.25) is 19.3 Å². The number of carboxylic acid groups (broad SMARTS) is 1. The molecule has 1 aliphatic heterocycles. The number of Topliss-reactive ketones (excluding diaryl/α,β-unsaturated/α-hetero) is 1. The minimum Gasteiger partial charge on any atom is -0.481 e. The monoisotopic (exact) mass is 546 g/mol. The average molecular weight is 547 g/mol. The number of hydrogen-bond donors (Lipinski definition) is 2. The zero-order chi connectivity index (χ0) is 29.0. The predicted octanol–water partition coefficient (Wildman–Crippen LogP) is 5.34. The first-order chi connectivity index (χ1) is 18.9. The Bertz CT molecular complexity index is 1320. The molecule has 3 amide bonds. The number of urea groups is 1. The molecule has 1 heterocycles. The van der Waals surface area contributed by atoms with Crippen molar-refractivity contribution in [1.29, 1.82) is 0 Å². The summed E-state index contributed by atoms with van der Waals surface area (Å²) in [6.45, 7) is 7.20. The number of carbonyl (C=O) groups is 4. The summed E-state index contributed by atoms with van der Waals surface area (Å²) < 4.78 is 0. The Morgan fingerprint density at radius 3 is 2.38 bits per heavy atom. The summed E-state index contributed by atoms with van der Waals surface area (Å²) in [4.78, 5) is 52.8. The molecular weight excluding hydrogens is 508 g/mol. The van der Waals surface area contributed by atoms with E-state index in [1.54, 1.807) is 24.3 Å². The second-order valence-corrected chi connectivity index (χ2v) is 11.9. The number of nitrogens with one attached hydrogen (secondary N) is 1. The van der Waals surface area contributed by atoms with Crippen molar-refractivity contribution in [2.75, 3.05) is 23.3 Å². The van der Waals surface area contributed by atoms with Crippen LogP contribution in [0.5, 0.6) is 0 Å². The standard InChI is InChI=1S/C31H38N4O5/c1-20-12-14-22(15-13-20)29-24-10-5-6-11-25(24)34(18-26(36)31(2,3)4)30(40)35(33-29)19-27(37)32-23-9-7-8-21(16-23)17-28(38)39/h5-11,16,20,22H,12-15,17-19H2,1-4H3,(H,32,37)(H,38,39). The summed E-state index contributed by atoms with van der Waals surface area (Å²) in [6, 6.07) is 13.6. The SMILES string of the molecule is CC1CCC(C2=NN(CC(=O)Nc3cccc(CC(=O)O)c3)C(=O)N(CC(=O)C(C)(C)C)c3ccccc32)CC1. The van der Waals surface area contributed by atoms with Crippen molar-refractivity contribution in [1.82, 2.24) is 5.01 Å². The van der Waals surface area contributed by atoms with E-state index >= 15 is 0 Å². The van der Waals surface area contributed by atoms with Gasteiger partial charge in [-0.15, -0.1) is 0 Å². The van der Waals surface area contributed by atoms with Gasteiger partial charge in [-0.2, -0.15) is 5.10 Å². The smallest absolute Gasteiger partial charge is 0.345 e. The van der Waals surface area contributed by atoms with Crippen LogP contribution in [0.2, 0.25) is 0 Å². The largest absolute Gasteiger partial charge is 0.481 e. The zero-order valence-corrected chi connectivity index (χ0v) is 23.6. The number of nitrogens with zero attached hydrogens (tertiary/aromatic N) is 3. The number of benzene rings is 2. The fourth-order valence-electron chi connectivity index (χ4n) is 5.14. The Morgan fingerprint density at radius 1 is 1.00 bits per heavy atom. The van der Waals surface area contributed by atoms with Gasteiger partial charge in [0, 0.05) is 22.6 Å². The molecular formula is C31H38N4O5. The Kier molecular flexibility index (Phi) is 8.71. The van der Waals surface area contributed by atoms with Crippen molar-refractivity contribution >= 4 is 40.8 Å². The molecule has 0 bridgehead atoms. The van der Waals surface area contributed by atoms with Crippen LogP contribution in [0.1, 0.15) is 64.5 Å². The van der Waals surface area contributed by atoms with Crippen LogP contribution in [-0.4, -0.2) is 52.6 Å². The van der Waals surface area contributed by atoms with E-state index in [1.807, 2.05) is 45.0 Å². The van der Waals surface area contributed by atoms with E-state index in [4.69, 9.17) is 10.2 Å². The van der Waals surface area contributed by atoms with Gasteiger partial charge in [-0.25, -0.2) is 9.80 Å². The van der Waals surface area contributed by atoms with Crippen LogP contribution in [0.15, 0.2) is 53.6 Å². The topological polar surface area (TPSA) is 119 Å². The lowest BCUT2D eigenvalue weighted by Gasteiger charge is -2.28. The molecule has 2 N–H and O–H groups in total. The Hall–Kier alpha value is -4.01. The van der Waals surface area contributed by atoms with Crippen LogP contribution in [0.4, 0.5) is 16.2 Å². The minimum atomic E-state index is -0.970. The van der Waals surface area contributed by atoms with Gasteiger partial charge in [0.2, 0.25) is 5.91 Å². The van der Waals surface area contributed by atoms with E-state index in [0.29, 0.717) is 22.9 Å². The molecule has 40 heavy (non-hydrogen) atoms. The van der Waals surface area contributed by atoms with Gasteiger partial charge in [-0.1, -0.05) is 70.9 Å². The molecule has 0 saturated heterocycles. The number of carboxylic acids is 1. The second kappa shape index (κ2) is 12.0. The number of rotatable bonds is 8. The highest BCUT2D eigenvalue weighted by atomic mass is 16.4. The first-order valence-electron chi connectivity index (χ1n) is 13.8. The van der Waals surface area contributed by atoms with E-state index in [9.17, 15) is 19.2 Å². The van der Waals surface area contributed by atoms with E-state index in [1.165, 1.54) is 9.91 Å². The van der Waals surface area contributed by atoms with Gasteiger partial charge in [0.05, 0.1) is 24.4 Å². The highest BCUT2D eigenvalue weighted by molar-refractivity contribution is 6.13. The molecule has 2 aliphatic rings. The molecule has 9 nitrogen and oxygen atoms in total. The molecule has 9 heteroatoms. The highest BCUT2D eigenvalue weighted by Gasteiger charge is 2.36. The zero-order valence-electron chi connectivity index (χ0n) is 23.6. The van der Waals surface area contributed by atoms with Gasteiger partial charge in [0.15, 0.2) is 5.78 Å². The van der Waals surface area contributed by atoms with Crippen LogP contribution in [0, 0.1) is 17.3 Å². The number of amides is 3. The molecule has 4 rings (SSSR count). The Morgan fingerprint density at radius 2 is 1.70 bits per heavy atom. The lowest BCUT2D eigenvalue weighted by atomic mass is 9.78. The number of hydrazone groups is 1. The summed E-state index contributed by atoms with van der Waals surface area (Å²) >= 11 is 0. The van der Waals surface area contributed by atoms with Crippen LogP contribution < -0.4 is 10.2 Å². The first-order valence-corrected chi connectivity index (χ1v) is 13.8. The lowest BCUT2D eigenvalue weighted by molar-refractivity contribution is -0.136. The van der Waals surface area contributed by atoms with Crippen LogP contribution in [-0.2, 0) is 20.8 Å². The summed E-state index contributed by atoms with van der Waals surface area (Å²) in [5.41, 5.74) is 2.50. The second-order valence-electron chi connectivity index (χ2n) is 11.9. The quantitative estimate of drug-likeness (QED) is 0.463. The van der Waals surface area contributed by atoms with Crippen LogP contribution in [0.3, 0.4) is 0 Å². The molecule has 2 aromatic carbocycles. The van der Waals surface area contributed by atoms with Gasteiger partial charge < -0.3 is 10.4 Å². The van der Waals surface area contributed by atoms with E-state index in [0.717, 1.165) is 37.0 Å². The fourth-order valence-corrected chi connectivity index (χ4v) is 5.14. The van der Waals surface area contributed by atoms with Crippen molar-refractivity contribution in [2.45, 2.75) is 59.8 Å². The number of fused-ring (bicyclic) bond motifs is 1. The molecule has 1 saturated carbocycles. The van der Waals surface area contributed by atoms with Crippen molar-refractivity contribution < 1.29 is 24.3 Å². The minimum absolute atomic E-state index is 0.106. The predicted molar refractivity (Wildman–Crippen MR) is 154 cm³/mol. The normalized spacial score (nSPS) is 19.4. The van der Waals surface area contributed by atoms with Crippen LogP contribution >= 0.6 is 0 Å². The summed E-state index contributed by atoms with van der Waals surface area (Å²) in [5.74, 6) is -0.803. The molecule has 0 radical (unpaired) electrons. The molecule has 0 spiro atoms. The maximum absolute atomic E-state index is 14.0. The third kappa shape index (κ3) is 6.94. The number of carbonyl (C=O) groups excluding carboxylic acids is 3. The number of ketones is 1. The summed E-state index contributed by atoms with van der Waals surface area (Å²) in [7, 11) is 0. The van der Waals surface area contributed by atoms with E-state index in [-0.39, 0.29) is 31.2 Å². The number of aliphatic carboxylic acids is 1. The third-order valence-corrected chi connectivity index (χ3v) is 7.55. The molecule has 212 valence electrons. The van der Waals surface area contributed by atoms with Gasteiger partial charge in [0.25, 0.3) is 0 Å². The fraction of sp³-hybridized carbons (Fsp3) is 0.452. The molecule has 0 unspecified atom stereocenters. The molecule has 0 aromatic heterocycles. The summed E-state index contributed by atoms with van der Waals surface area (Å²) in [5, 5.41) is 17.8. The first kappa shape index (κ1) is 29.0. The van der Waals surface area contributed by atoms with Gasteiger partial charge in [-0.05, 0) is 42.5 Å². The van der Waals surface area contributed by atoms with Crippen molar-refractivity contribution in [3.63, 3.8) is 0 Å². The molecule has 2 aromatic rings. The van der Waals surface area contributed by atoms with Crippen LogP contribution in [0.25, 0.3) is 0 Å². The maximum Gasteiger partial charge on any atom is 0.345 e.